The van der Waals surface area contributed by atoms with Crippen LogP contribution in [0, 0.1) is 3.57 Å². The van der Waals surface area contributed by atoms with Gasteiger partial charge in [-0.05, 0) is 86.0 Å². The van der Waals surface area contributed by atoms with Gasteiger partial charge in [-0.3, -0.25) is 4.79 Å². The summed E-state index contributed by atoms with van der Waals surface area (Å²) in [5, 5.41) is 4.03. The van der Waals surface area contributed by atoms with E-state index in [9.17, 15) is 4.79 Å². The van der Waals surface area contributed by atoms with Crippen molar-refractivity contribution in [2.45, 2.75) is 6.61 Å². The first-order valence-electron chi connectivity index (χ1n) is 8.17. The van der Waals surface area contributed by atoms with Gasteiger partial charge in [-0.25, -0.2) is 5.43 Å². The van der Waals surface area contributed by atoms with Gasteiger partial charge in [-0.1, -0.05) is 36.4 Å². The van der Waals surface area contributed by atoms with Crippen molar-refractivity contribution in [1.82, 2.24) is 5.43 Å². The summed E-state index contributed by atoms with van der Waals surface area (Å²) in [6, 6.07) is 22.9. The Morgan fingerprint density at radius 3 is 2.63 bits per heavy atom. The third-order valence-corrected chi connectivity index (χ3v) is 5.09. The zero-order valence-corrected chi connectivity index (χ0v) is 18.0. The van der Waals surface area contributed by atoms with Crippen LogP contribution in [0.4, 0.5) is 0 Å². The molecule has 0 radical (unpaired) electrons. The lowest BCUT2D eigenvalue weighted by molar-refractivity contribution is 0.0954. The van der Waals surface area contributed by atoms with Gasteiger partial charge in [0.2, 0.25) is 0 Å². The van der Waals surface area contributed by atoms with Crippen LogP contribution in [0.1, 0.15) is 21.5 Å². The number of nitrogens with one attached hydrogen (secondary N) is 1. The van der Waals surface area contributed by atoms with Gasteiger partial charge in [0, 0.05) is 8.04 Å². The number of amides is 1. The van der Waals surface area contributed by atoms with E-state index in [1.54, 1.807) is 18.3 Å². The second kappa shape index (κ2) is 9.66. The summed E-state index contributed by atoms with van der Waals surface area (Å²) >= 11 is 5.63. The number of benzene rings is 3. The van der Waals surface area contributed by atoms with Gasteiger partial charge in [0.25, 0.3) is 5.91 Å². The SMILES string of the molecule is O=C(N/N=C\c1cccc(OCc2ccc(I)cc2)c1)c1ccccc1Br. The predicted molar refractivity (Wildman–Crippen MR) is 119 cm³/mol. The summed E-state index contributed by atoms with van der Waals surface area (Å²) in [7, 11) is 0. The average Bonchev–Trinajstić information content (AvgIpc) is 2.68. The van der Waals surface area contributed by atoms with E-state index in [1.807, 2.05) is 48.5 Å². The normalized spacial score (nSPS) is 10.7. The van der Waals surface area contributed by atoms with Crippen LogP contribution in [0.15, 0.2) is 82.4 Å². The zero-order chi connectivity index (χ0) is 19.1. The van der Waals surface area contributed by atoms with Crippen molar-refractivity contribution in [1.29, 1.82) is 0 Å². The van der Waals surface area contributed by atoms with Crippen molar-refractivity contribution in [3.63, 3.8) is 0 Å². The molecule has 0 aliphatic heterocycles. The Labute approximate surface area is 179 Å². The molecule has 27 heavy (non-hydrogen) atoms. The third-order valence-electron chi connectivity index (χ3n) is 3.68. The molecular weight excluding hydrogens is 519 g/mol. The maximum Gasteiger partial charge on any atom is 0.272 e. The number of carbonyl (C=O) groups is 1. The summed E-state index contributed by atoms with van der Waals surface area (Å²) in [4.78, 5) is 12.1. The number of carbonyl (C=O) groups excluding carboxylic acids is 1. The van der Waals surface area contributed by atoms with Gasteiger partial charge in [0.05, 0.1) is 11.8 Å². The molecule has 3 rings (SSSR count). The fourth-order valence-corrected chi connectivity index (χ4v) is 3.13. The van der Waals surface area contributed by atoms with E-state index in [0.29, 0.717) is 12.2 Å². The number of ether oxygens (including phenoxy) is 1. The highest BCUT2D eigenvalue weighted by atomic mass is 127. The Bertz CT molecular complexity index is 958. The largest absolute Gasteiger partial charge is 0.489 e. The molecule has 0 heterocycles. The van der Waals surface area contributed by atoms with Crippen molar-refractivity contribution in [3.05, 3.63) is 97.5 Å². The van der Waals surface area contributed by atoms with Gasteiger partial charge in [-0.15, -0.1) is 0 Å². The summed E-state index contributed by atoms with van der Waals surface area (Å²) in [5.74, 6) is 0.472. The van der Waals surface area contributed by atoms with Crippen LogP contribution < -0.4 is 10.2 Å². The minimum Gasteiger partial charge on any atom is -0.489 e. The van der Waals surface area contributed by atoms with Crippen molar-refractivity contribution in [2.24, 2.45) is 5.10 Å². The molecule has 4 nitrogen and oxygen atoms in total. The third kappa shape index (κ3) is 5.90. The molecule has 0 fully saturated rings. The molecule has 0 atom stereocenters. The van der Waals surface area contributed by atoms with Crippen LogP contribution in [0.3, 0.4) is 0 Å². The molecule has 0 saturated heterocycles. The van der Waals surface area contributed by atoms with Crippen molar-refractivity contribution >= 4 is 50.6 Å². The molecule has 0 spiro atoms. The smallest absolute Gasteiger partial charge is 0.272 e. The Morgan fingerprint density at radius 1 is 1.07 bits per heavy atom. The van der Waals surface area contributed by atoms with E-state index in [2.05, 4.69) is 61.2 Å². The Balaban J connectivity index is 1.58. The molecule has 0 aliphatic carbocycles. The molecule has 1 N–H and O–H groups in total. The van der Waals surface area contributed by atoms with E-state index in [4.69, 9.17) is 4.74 Å². The Hall–Kier alpha value is -2.19. The quantitative estimate of drug-likeness (QED) is 0.261. The summed E-state index contributed by atoms with van der Waals surface area (Å²) < 4.78 is 7.75. The number of nitrogens with zero attached hydrogens (tertiary/aromatic N) is 1. The van der Waals surface area contributed by atoms with Crippen LogP contribution in [-0.4, -0.2) is 12.1 Å². The molecular formula is C21H16BrIN2O2. The first-order chi connectivity index (χ1) is 13.1. The lowest BCUT2D eigenvalue weighted by Gasteiger charge is -2.07. The van der Waals surface area contributed by atoms with E-state index in [0.717, 1.165) is 21.3 Å². The summed E-state index contributed by atoms with van der Waals surface area (Å²) in [5.41, 5.74) is 5.00. The second-order valence-electron chi connectivity index (χ2n) is 5.67. The lowest BCUT2D eigenvalue weighted by atomic mass is 10.2. The highest BCUT2D eigenvalue weighted by Gasteiger charge is 2.07. The maximum atomic E-state index is 12.1. The number of hydrogen-bond donors (Lipinski definition) is 1. The molecule has 136 valence electrons. The van der Waals surface area contributed by atoms with Crippen LogP contribution in [0.25, 0.3) is 0 Å². The van der Waals surface area contributed by atoms with Crippen LogP contribution in [0.5, 0.6) is 5.75 Å². The molecule has 6 heteroatoms. The molecule has 3 aromatic carbocycles. The van der Waals surface area contributed by atoms with Crippen LogP contribution in [-0.2, 0) is 6.61 Å². The molecule has 0 saturated carbocycles. The lowest BCUT2D eigenvalue weighted by Crippen LogP contribution is -2.18. The van der Waals surface area contributed by atoms with Crippen molar-refractivity contribution < 1.29 is 9.53 Å². The van der Waals surface area contributed by atoms with Crippen molar-refractivity contribution in [3.8, 4) is 5.75 Å². The number of rotatable bonds is 6. The number of hydrogen-bond acceptors (Lipinski definition) is 3. The summed E-state index contributed by atoms with van der Waals surface area (Å²) in [6.45, 7) is 0.496. The maximum absolute atomic E-state index is 12.1. The van der Waals surface area contributed by atoms with E-state index in [-0.39, 0.29) is 5.91 Å². The molecule has 1 amide bonds. The van der Waals surface area contributed by atoms with Gasteiger partial charge in [0.1, 0.15) is 12.4 Å². The van der Waals surface area contributed by atoms with E-state index in [1.165, 1.54) is 3.57 Å². The van der Waals surface area contributed by atoms with Gasteiger partial charge in [0.15, 0.2) is 0 Å². The topological polar surface area (TPSA) is 50.7 Å². The summed E-state index contributed by atoms with van der Waals surface area (Å²) in [6.07, 6.45) is 1.59. The van der Waals surface area contributed by atoms with Crippen LogP contribution >= 0.6 is 38.5 Å². The molecule has 0 aliphatic rings. The number of halogens is 2. The Morgan fingerprint density at radius 2 is 1.85 bits per heavy atom. The van der Waals surface area contributed by atoms with E-state index < -0.39 is 0 Å². The van der Waals surface area contributed by atoms with Crippen LogP contribution in [0.2, 0.25) is 0 Å². The molecule has 0 bridgehead atoms. The zero-order valence-electron chi connectivity index (χ0n) is 14.2. The molecule has 0 unspecified atom stereocenters. The first-order valence-corrected chi connectivity index (χ1v) is 10.0. The Kier molecular flexibility index (Phi) is 7.00. The van der Waals surface area contributed by atoms with Crippen molar-refractivity contribution in [2.75, 3.05) is 0 Å². The second-order valence-corrected chi connectivity index (χ2v) is 7.77. The fraction of sp³-hybridized carbons (Fsp3) is 0.0476. The van der Waals surface area contributed by atoms with E-state index >= 15 is 0 Å². The van der Waals surface area contributed by atoms with Gasteiger partial charge >= 0.3 is 0 Å². The minimum atomic E-state index is -0.273. The number of hydrazone groups is 1. The highest BCUT2D eigenvalue weighted by Crippen LogP contribution is 2.16. The standard InChI is InChI=1S/C21H16BrIN2O2/c22-20-7-2-1-6-19(20)21(26)25-24-13-16-4-3-5-18(12-16)27-14-15-8-10-17(23)11-9-15/h1-13H,14H2,(H,25,26)/b24-13-. The van der Waals surface area contributed by atoms with Gasteiger partial charge in [-0.2, -0.15) is 5.10 Å². The fourth-order valence-electron chi connectivity index (χ4n) is 2.30. The predicted octanol–water partition coefficient (Wildman–Crippen LogP) is 5.40. The van der Waals surface area contributed by atoms with Gasteiger partial charge < -0.3 is 4.74 Å². The first kappa shape index (κ1) is 19.6. The minimum absolute atomic E-state index is 0.273. The molecule has 0 aromatic heterocycles. The average molecular weight is 535 g/mol. The molecule has 3 aromatic rings. The monoisotopic (exact) mass is 534 g/mol. The highest BCUT2D eigenvalue weighted by molar-refractivity contribution is 14.1.